The second kappa shape index (κ2) is 6.23. The Morgan fingerprint density at radius 1 is 1.47 bits per heavy atom. The highest BCUT2D eigenvalue weighted by Gasteiger charge is 2.22. The number of carboxylic acid groups (broad SMARTS) is 1. The number of amides is 2. The molecule has 0 saturated heterocycles. The number of primary amides is 1. The SMILES string of the molecule is C[C@@H](Cl)C(=O)N[C@@H](CCC(N)=O)C(=O)O. The first-order valence-electron chi connectivity index (χ1n) is 4.30. The smallest absolute Gasteiger partial charge is 0.326 e. The molecule has 4 N–H and O–H groups in total. The number of carbonyl (C=O) groups excluding carboxylic acids is 2. The lowest BCUT2D eigenvalue weighted by Crippen LogP contribution is -2.44. The number of halogens is 1. The third-order valence-corrected chi connectivity index (χ3v) is 1.85. The van der Waals surface area contributed by atoms with Gasteiger partial charge in [0.25, 0.3) is 0 Å². The van der Waals surface area contributed by atoms with E-state index in [2.05, 4.69) is 5.32 Å². The van der Waals surface area contributed by atoms with Crippen molar-refractivity contribution in [1.29, 1.82) is 0 Å². The van der Waals surface area contributed by atoms with Gasteiger partial charge in [-0.1, -0.05) is 0 Å². The van der Waals surface area contributed by atoms with Crippen LogP contribution in [0.2, 0.25) is 0 Å². The van der Waals surface area contributed by atoms with Gasteiger partial charge in [-0.3, -0.25) is 9.59 Å². The molecule has 0 aromatic carbocycles. The van der Waals surface area contributed by atoms with E-state index >= 15 is 0 Å². The van der Waals surface area contributed by atoms with E-state index < -0.39 is 29.2 Å². The Kier molecular flexibility index (Phi) is 5.69. The Balaban J connectivity index is 4.22. The largest absolute Gasteiger partial charge is 0.480 e. The summed E-state index contributed by atoms with van der Waals surface area (Å²) < 4.78 is 0. The van der Waals surface area contributed by atoms with Crippen molar-refractivity contribution >= 4 is 29.4 Å². The lowest BCUT2D eigenvalue weighted by Gasteiger charge is -2.14. The molecule has 2 atom stereocenters. The number of carbonyl (C=O) groups is 3. The van der Waals surface area contributed by atoms with E-state index in [1.54, 1.807) is 0 Å². The van der Waals surface area contributed by atoms with Crippen LogP contribution in [0.25, 0.3) is 0 Å². The zero-order valence-corrected chi connectivity index (χ0v) is 8.95. The third-order valence-electron chi connectivity index (χ3n) is 1.66. The highest BCUT2D eigenvalue weighted by atomic mass is 35.5. The first kappa shape index (κ1) is 13.7. The maximum atomic E-state index is 11.1. The molecule has 0 bridgehead atoms. The van der Waals surface area contributed by atoms with Crippen LogP contribution in [-0.4, -0.2) is 34.3 Å². The molecule has 0 heterocycles. The molecule has 0 radical (unpaired) electrons. The number of carboxylic acids is 1. The summed E-state index contributed by atoms with van der Waals surface area (Å²) in [6, 6.07) is -1.13. The van der Waals surface area contributed by atoms with E-state index in [0.29, 0.717) is 0 Å². The monoisotopic (exact) mass is 236 g/mol. The Hall–Kier alpha value is -1.30. The third kappa shape index (κ3) is 5.90. The van der Waals surface area contributed by atoms with Gasteiger partial charge < -0.3 is 16.2 Å². The minimum absolute atomic E-state index is 0.0417. The van der Waals surface area contributed by atoms with Crippen LogP contribution in [0, 0.1) is 0 Å². The summed E-state index contributed by atoms with van der Waals surface area (Å²) in [5, 5.41) is 10.1. The highest BCUT2D eigenvalue weighted by Crippen LogP contribution is 2.00. The van der Waals surface area contributed by atoms with Crippen LogP contribution >= 0.6 is 11.6 Å². The van der Waals surface area contributed by atoms with Gasteiger partial charge in [0.1, 0.15) is 11.4 Å². The van der Waals surface area contributed by atoms with Crippen molar-refractivity contribution in [2.75, 3.05) is 0 Å². The summed E-state index contributed by atoms with van der Waals surface area (Å²) >= 11 is 5.44. The fraction of sp³-hybridized carbons (Fsp3) is 0.625. The molecule has 6 nitrogen and oxygen atoms in total. The number of hydrogen-bond acceptors (Lipinski definition) is 3. The summed E-state index contributed by atoms with van der Waals surface area (Å²) in [6.45, 7) is 1.42. The average molecular weight is 237 g/mol. The van der Waals surface area contributed by atoms with Gasteiger partial charge in [0.05, 0.1) is 0 Å². The Bertz CT molecular complexity index is 267. The van der Waals surface area contributed by atoms with Gasteiger partial charge in [-0.25, -0.2) is 4.79 Å². The topological polar surface area (TPSA) is 109 Å². The summed E-state index contributed by atoms with van der Waals surface area (Å²) in [5.74, 6) is -2.43. The van der Waals surface area contributed by atoms with Gasteiger partial charge in [0.15, 0.2) is 0 Å². The number of hydrogen-bond donors (Lipinski definition) is 3. The standard InChI is InChI=1S/C8H13ClN2O4/c1-4(9)7(13)11-5(8(14)15)2-3-6(10)12/h4-5H,2-3H2,1H3,(H2,10,12)(H,11,13)(H,14,15)/t4-,5+/m1/s1. The van der Waals surface area contributed by atoms with Crippen molar-refractivity contribution in [2.45, 2.75) is 31.2 Å². The zero-order valence-electron chi connectivity index (χ0n) is 8.20. The molecular formula is C8H13ClN2O4. The van der Waals surface area contributed by atoms with Crippen LogP contribution in [0.3, 0.4) is 0 Å². The summed E-state index contributed by atoms with van der Waals surface area (Å²) in [6.07, 6.45) is -0.145. The zero-order chi connectivity index (χ0) is 12.0. The fourth-order valence-electron chi connectivity index (χ4n) is 0.831. The molecule has 86 valence electrons. The first-order chi connectivity index (χ1) is 6.84. The highest BCUT2D eigenvalue weighted by molar-refractivity contribution is 6.30. The van der Waals surface area contributed by atoms with Crippen LogP contribution in [-0.2, 0) is 14.4 Å². The predicted molar refractivity (Wildman–Crippen MR) is 53.3 cm³/mol. The molecule has 0 unspecified atom stereocenters. The molecule has 0 saturated carbocycles. The van der Waals surface area contributed by atoms with Crippen LogP contribution in [0.15, 0.2) is 0 Å². The van der Waals surface area contributed by atoms with Gasteiger partial charge in [0, 0.05) is 6.42 Å². The summed E-state index contributed by atoms with van der Waals surface area (Å²) in [5.41, 5.74) is 4.86. The molecule has 0 aliphatic rings. The maximum Gasteiger partial charge on any atom is 0.326 e. The molecule has 0 aromatic rings. The number of nitrogens with two attached hydrogens (primary N) is 1. The molecule has 0 fully saturated rings. The number of aliphatic carboxylic acids is 1. The lowest BCUT2D eigenvalue weighted by atomic mass is 10.1. The Morgan fingerprint density at radius 3 is 2.33 bits per heavy atom. The average Bonchev–Trinajstić information content (AvgIpc) is 2.10. The summed E-state index contributed by atoms with van der Waals surface area (Å²) in [7, 11) is 0. The van der Waals surface area contributed by atoms with Crippen molar-refractivity contribution in [3.05, 3.63) is 0 Å². The van der Waals surface area contributed by atoms with Gasteiger partial charge in [-0.05, 0) is 13.3 Å². The number of alkyl halides is 1. The molecule has 0 spiro atoms. The van der Waals surface area contributed by atoms with E-state index in [1.165, 1.54) is 6.92 Å². The van der Waals surface area contributed by atoms with Gasteiger partial charge in [-0.2, -0.15) is 0 Å². The van der Waals surface area contributed by atoms with E-state index in [0.717, 1.165) is 0 Å². The van der Waals surface area contributed by atoms with Crippen molar-refractivity contribution < 1.29 is 19.5 Å². The second-order valence-electron chi connectivity index (χ2n) is 3.02. The van der Waals surface area contributed by atoms with Crippen molar-refractivity contribution in [1.82, 2.24) is 5.32 Å². The van der Waals surface area contributed by atoms with Gasteiger partial charge >= 0.3 is 5.97 Å². The van der Waals surface area contributed by atoms with E-state index in [-0.39, 0.29) is 12.8 Å². The fourth-order valence-corrected chi connectivity index (χ4v) is 0.894. The van der Waals surface area contributed by atoms with E-state index in [4.69, 9.17) is 22.4 Å². The molecule has 2 amide bonds. The molecule has 15 heavy (non-hydrogen) atoms. The van der Waals surface area contributed by atoms with Gasteiger partial charge in [0.2, 0.25) is 11.8 Å². The molecule has 0 aliphatic heterocycles. The summed E-state index contributed by atoms with van der Waals surface area (Å²) in [4.78, 5) is 32.2. The minimum atomic E-state index is -1.22. The van der Waals surface area contributed by atoms with Crippen molar-refractivity contribution in [3.8, 4) is 0 Å². The Morgan fingerprint density at radius 2 is 2.00 bits per heavy atom. The van der Waals surface area contributed by atoms with Crippen LogP contribution in [0.5, 0.6) is 0 Å². The predicted octanol–water partition coefficient (Wildman–Crippen LogP) is -0.551. The molecular weight excluding hydrogens is 224 g/mol. The Labute approximate surface area is 91.8 Å². The molecule has 0 rings (SSSR count). The van der Waals surface area contributed by atoms with Crippen LogP contribution in [0.1, 0.15) is 19.8 Å². The lowest BCUT2D eigenvalue weighted by molar-refractivity contribution is -0.142. The van der Waals surface area contributed by atoms with E-state index in [1.807, 2.05) is 0 Å². The van der Waals surface area contributed by atoms with Crippen molar-refractivity contribution in [3.63, 3.8) is 0 Å². The molecule has 0 aliphatic carbocycles. The minimum Gasteiger partial charge on any atom is -0.480 e. The maximum absolute atomic E-state index is 11.1. The quantitative estimate of drug-likeness (QED) is 0.538. The van der Waals surface area contributed by atoms with E-state index in [9.17, 15) is 14.4 Å². The van der Waals surface area contributed by atoms with Crippen molar-refractivity contribution in [2.24, 2.45) is 5.73 Å². The first-order valence-corrected chi connectivity index (χ1v) is 4.73. The second-order valence-corrected chi connectivity index (χ2v) is 3.68. The van der Waals surface area contributed by atoms with Gasteiger partial charge in [-0.15, -0.1) is 11.6 Å². The normalized spacial score (nSPS) is 14.0. The van der Waals surface area contributed by atoms with Crippen LogP contribution < -0.4 is 11.1 Å². The molecule has 7 heteroatoms. The molecule has 0 aromatic heterocycles. The number of nitrogens with one attached hydrogen (secondary N) is 1. The van der Waals surface area contributed by atoms with Crippen LogP contribution in [0.4, 0.5) is 0 Å². The number of rotatable bonds is 6.